The fraction of sp³-hybridized carbons (Fsp3) is 0.500. The number of fused-ring (bicyclic) bond motifs is 1. The van der Waals surface area contributed by atoms with Crippen molar-refractivity contribution < 1.29 is 4.79 Å². The molecule has 144 valence electrons. The Labute approximate surface area is 166 Å². The van der Waals surface area contributed by atoms with Crippen LogP contribution in [0, 0.1) is 0 Å². The Bertz CT molecular complexity index is 766. The number of hydrogen-bond acceptors (Lipinski definition) is 4. The lowest BCUT2D eigenvalue weighted by Crippen LogP contribution is -2.48. The van der Waals surface area contributed by atoms with Crippen LogP contribution in [-0.4, -0.2) is 55.5 Å². The second-order valence-electron chi connectivity index (χ2n) is 7.81. The van der Waals surface area contributed by atoms with Crippen LogP contribution in [0.15, 0.2) is 35.7 Å². The highest BCUT2D eigenvalue weighted by molar-refractivity contribution is 7.10. The van der Waals surface area contributed by atoms with E-state index in [9.17, 15) is 4.79 Å². The average molecular weight is 384 g/mol. The Hall–Kier alpha value is -1.69. The van der Waals surface area contributed by atoms with Gasteiger partial charge in [-0.2, -0.15) is 0 Å². The molecule has 5 heteroatoms. The number of piperazine rings is 1. The second kappa shape index (κ2) is 8.55. The predicted molar refractivity (Wildman–Crippen MR) is 111 cm³/mol. The third-order valence-electron chi connectivity index (χ3n) is 5.87. The smallest absolute Gasteiger partial charge is 0.224 e. The fourth-order valence-electron chi connectivity index (χ4n) is 4.22. The summed E-state index contributed by atoms with van der Waals surface area (Å²) in [5.41, 5.74) is 4.04. The molecule has 0 unspecified atom stereocenters. The molecule has 2 aromatic rings. The van der Waals surface area contributed by atoms with Gasteiger partial charge in [-0.15, -0.1) is 11.3 Å². The van der Waals surface area contributed by atoms with E-state index in [2.05, 4.69) is 57.9 Å². The van der Waals surface area contributed by atoms with Crippen molar-refractivity contribution in [1.82, 2.24) is 15.1 Å². The quantitative estimate of drug-likeness (QED) is 0.833. The summed E-state index contributed by atoms with van der Waals surface area (Å²) in [4.78, 5) is 18.8. The van der Waals surface area contributed by atoms with Crippen LogP contribution in [0.1, 0.15) is 34.0 Å². The van der Waals surface area contributed by atoms with Crippen molar-refractivity contribution in [2.75, 3.05) is 39.8 Å². The van der Waals surface area contributed by atoms with Gasteiger partial charge >= 0.3 is 0 Å². The van der Waals surface area contributed by atoms with Crippen LogP contribution in [0.3, 0.4) is 0 Å². The van der Waals surface area contributed by atoms with E-state index in [1.807, 2.05) is 0 Å². The van der Waals surface area contributed by atoms with E-state index in [0.717, 1.165) is 38.2 Å². The highest BCUT2D eigenvalue weighted by atomic mass is 32.1. The lowest BCUT2D eigenvalue weighted by Gasteiger charge is -2.37. The van der Waals surface area contributed by atoms with E-state index in [-0.39, 0.29) is 11.9 Å². The average Bonchev–Trinajstić information content (AvgIpc) is 3.35. The van der Waals surface area contributed by atoms with Gasteiger partial charge in [0.2, 0.25) is 5.91 Å². The van der Waals surface area contributed by atoms with Gasteiger partial charge in [-0.05, 0) is 54.4 Å². The molecule has 2 aliphatic rings. The van der Waals surface area contributed by atoms with Gasteiger partial charge in [0, 0.05) is 37.6 Å². The van der Waals surface area contributed by atoms with Gasteiger partial charge in [0.15, 0.2) is 0 Å². The first-order valence-electron chi connectivity index (χ1n) is 10.0. The molecule has 2 heterocycles. The number of carbonyl (C=O) groups is 1. The molecule has 0 spiro atoms. The first-order valence-corrected chi connectivity index (χ1v) is 10.9. The molecule has 1 atom stereocenters. The molecule has 4 rings (SSSR count). The number of carbonyl (C=O) groups excluding carboxylic acids is 1. The number of amides is 1. The van der Waals surface area contributed by atoms with E-state index in [0.29, 0.717) is 13.0 Å². The van der Waals surface area contributed by atoms with Gasteiger partial charge in [0.05, 0.1) is 12.5 Å². The van der Waals surface area contributed by atoms with E-state index in [1.54, 1.807) is 11.3 Å². The van der Waals surface area contributed by atoms with Gasteiger partial charge in [-0.25, -0.2) is 0 Å². The molecule has 1 fully saturated rings. The van der Waals surface area contributed by atoms with Crippen molar-refractivity contribution in [1.29, 1.82) is 0 Å². The maximum atomic E-state index is 12.6. The minimum atomic E-state index is 0.128. The zero-order chi connectivity index (χ0) is 18.6. The SMILES string of the molecule is CN1CCN([C@H](CNC(=O)Cc2ccc3c(c2)CCC3)c2cccs2)CC1. The third-order valence-corrected chi connectivity index (χ3v) is 6.84. The zero-order valence-electron chi connectivity index (χ0n) is 16.1. The molecule has 0 radical (unpaired) electrons. The monoisotopic (exact) mass is 383 g/mol. The van der Waals surface area contributed by atoms with Crippen LogP contribution in [0.5, 0.6) is 0 Å². The summed E-state index contributed by atoms with van der Waals surface area (Å²) in [6.45, 7) is 4.98. The molecular formula is C22H29N3OS. The van der Waals surface area contributed by atoms with Crippen LogP contribution in [0.25, 0.3) is 0 Å². The maximum absolute atomic E-state index is 12.6. The number of likely N-dealkylation sites (N-methyl/N-ethyl adjacent to an activating group) is 1. The molecule has 0 bridgehead atoms. The van der Waals surface area contributed by atoms with Crippen LogP contribution in [-0.2, 0) is 24.1 Å². The van der Waals surface area contributed by atoms with Gasteiger partial charge < -0.3 is 10.2 Å². The third kappa shape index (κ3) is 4.60. The van der Waals surface area contributed by atoms with Gasteiger partial charge in [-0.3, -0.25) is 9.69 Å². The fourth-order valence-corrected chi connectivity index (χ4v) is 5.08. The molecule has 27 heavy (non-hydrogen) atoms. The van der Waals surface area contributed by atoms with Crippen LogP contribution in [0.4, 0.5) is 0 Å². The Balaban J connectivity index is 1.36. The standard InChI is InChI=1S/C22H29N3OS/c1-24-9-11-25(12-10-24)20(21-6-3-13-27-21)16-23-22(26)15-17-7-8-18-4-2-5-19(18)14-17/h3,6-8,13-14,20H,2,4-5,9-12,15-16H2,1H3,(H,23,26)/t20-/m1/s1. The van der Waals surface area contributed by atoms with E-state index >= 15 is 0 Å². The van der Waals surface area contributed by atoms with Crippen molar-refractivity contribution >= 4 is 17.2 Å². The van der Waals surface area contributed by atoms with E-state index in [1.165, 1.54) is 28.8 Å². The summed E-state index contributed by atoms with van der Waals surface area (Å²) >= 11 is 1.79. The first-order chi connectivity index (χ1) is 13.2. The maximum Gasteiger partial charge on any atom is 0.224 e. The van der Waals surface area contributed by atoms with Crippen LogP contribution >= 0.6 is 11.3 Å². The lowest BCUT2D eigenvalue weighted by atomic mass is 10.0. The first kappa shape index (κ1) is 18.7. The summed E-state index contributed by atoms with van der Waals surface area (Å²) in [5, 5.41) is 5.34. The second-order valence-corrected chi connectivity index (χ2v) is 8.79. The largest absolute Gasteiger partial charge is 0.354 e. The number of benzene rings is 1. The molecular weight excluding hydrogens is 354 g/mol. The number of thiophene rings is 1. The predicted octanol–water partition coefficient (Wildman–Crippen LogP) is 2.88. The Morgan fingerprint density at radius 3 is 2.74 bits per heavy atom. The van der Waals surface area contributed by atoms with Crippen molar-refractivity contribution in [2.24, 2.45) is 0 Å². The minimum absolute atomic E-state index is 0.128. The molecule has 1 aromatic heterocycles. The highest BCUT2D eigenvalue weighted by Crippen LogP contribution is 2.26. The Morgan fingerprint density at radius 1 is 1.15 bits per heavy atom. The summed E-state index contributed by atoms with van der Waals surface area (Å²) < 4.78 is 0. The molecule has 1 amide bonds. The van der Waals surface area contributed by atoms with Crippen molar-refractivity contribution in [3.63, 3.8) is 0 Å². The molecule has 0 saturated carbocycles. The summed E-state index contributed by atoms with van der Waals surface area (Å²) in [6.07, 6.45) is 4.08. The van der Waals surface area contributed by atoms with Crippen molar-refractivity contribution in [2.45, 2.75) is 31.7 Å². The molecule has 1 aliphatic heterocycles. The van der Waals surface area contributed by atoms with Gasteiger partial charge in [-0.1, -0.05) is 24.3 Å². The highest BCUT2D eigenvalue weighted by Gasteiger charge is 2.25. The Morgan fingerprint density at radius 2 is 1.96 bits per heavy atom. The number of rotatable bonds is 6. The van der Waals surface area contributed by atoms with E-state index < -0.39 is 0 Å². The molecule has 1 aromatic carbocycles. The van der Waals surface area contributed by atoms with Crippen molar-refractivity contribution in [3.05, 3.63) is 57.3 Å². The molecule has 4 nitrogen and oxygen atoms in total. The number of hydrogen-bond donors (Lipinski definition) is 1. The minimum Gasteiger partial charge on any atom is -0.354 e. The number of nitrogens with one attached hydrogen (secondary N) is 1. The van der Waals surface area contributed by atoms with Crippen molar-refractivity contribution in [3.8, 4) is 0 Å². The van der Waals surface area contributed by atoms with Gasteiger partial charge in [0.1, 0.15) is 0 Å². The summed E-state index contributed by atoms with van der Waals surface area (Å²) in [5.74, 6) is 0.128. The zero-order valence-corrected chi connectivity index (χ0v) is 16.9. The number of nitrogens with zero attached hydrogens (tertiary/aromatic N) is 2. The molecule has 1 aliphatic carbocycles. The topological polar surface area (TPSA) is 35.6 Å². The van der Waals surface area contributed by atoms with Crippen LogP contribution < -0.4 is 5.32 Å². The lowest BCUT2D eigenvalue weighted by molar-refractivity contribution is -0.120. The van der Waals surface area contributed by atoms with Gasteiger partial charge in [0.25, 0.3) is 0 Å². The Kier molecular flexibility index (Phi) is 5.91. The van der Waals surface area contributed by atoms with Crippen LogP contribution in [0.2, 0.25) is 0 Å². The normalized spacial score (nSPS) is 19.0. The summed E-state index contributed by atoms with van der Waals surface area (Å²) in [7, 11) is 2.18. The number of aryl methyl sites for hydroxylation is 2. The summed E-state index contributed by atoms with van der Waals surface area (Å²) in [6, 6.07) is 11.2. The van der Waals surface area contributed by atoms with E-state index in [4.69, 9.17) is 0 Å². The molecule has 1 N–H and O–H groups in total. The molecule has 1 saturated heterocycles.